The van der Waals surface area contributed by atoms with Gasteiger partial charge in [-0.05, 0) is 0 Å². The zero-order valence-electron chi connectivity index (χ0n) is 5.57. The van der Waals surface area contributed by atoms with Crippen molar-refractivity contribution in [3.8, 4) is 0 Å². The summed E-state index contributed by atoms with van der Waals surface area (Å²) in [5.41, 5.74) is -0.906. The average Bonchev–Trinajstić information content (AvgIpc) is 1.92. The highest BCUT2D eigenvalue weighted by atomic mass is 35.5. The van der Waals surface area contributed by atoms with Crippen LogP contribution in [0.3, 0.4) is 0 Å². The minimum Gasteiger partial charge on any atom is -0.445 e. The number of pyridine rings is 1. The van der Waals surface area contributed by atoms with E-state index >= 15 is 0 Å². The second-order valence-electron chi connectivity index (χ2n) is 2.10. The van der Waals surface area contributed by atoms with Crippen LogP contribution in [0.15, 0.2) is 12.3 Å². The molecule has 66 valence electrons. The maximum atomic E-state index is 12.1. The number of aromatic nitrogens is 1. The Hall–Kier alpha value is -0.415. The fourth-order valence-electron chi connectivity index (χ4n) is 0.678. The van der Waals surface area contributed by atoms with Gasteiger partial charge in [0.1, 0.15) is 5.15 Å². The first-order valence-electron chi connectivity index (χ1n) is 2.92. The van der Waals surface area contributed by atoms with Gasteiger partial charge in [0.25, 0.3) is 0 Å². The Kier molecular flexibility index (Phi) is 2.53. The Morgan fingerprint density at radius 1 is 1.25 bits per heavy atom. The topological polar surface area (TPSA) is 12.9 Å². The fourth-order valence-corrected chi connectivity index (χ4v) is 1.07. The molecule has 7 heteroatoms. The highest BCUT2D eigenvalue weighted by Gasteiger charge is 2.28. The Bertz CT molecular complexity index is 301. The molecule has 0 bridgehead atoms. The van der Waals surface area contributed by atoms with Crippen molar-refractivity contribution >= 4 is 35.6 Å². The van der Waals surface area contributed by atoms with Crippen molar-refractivity contribution in [1.29, 1.82) is 0 Å². The summed E-state index contributed by atoms with van der Waals surface area (Å²) in [6, 6.07) is 0.712. The van der Waals surface area contributed by atoms with Gasteiger partial charge in [0.05, 0.1) is 0 Å². The van der Waals surface area contributed by atoms with E-state index in [-0.39, 0.29) is 5.15 Å². The quantitative estimate of drug-likeness (QED) is 0.517. The van der Waals surface area contributed by atoms with Crippen molar-refractivity contribution in [3.63, 3.8) is 0 Å². The van der Waals surface area contributed by atoms with Crippen molar-refractivity contribution in [2.45, 2.75) is 0 Å². The standard InChI is InChI=1S/C5H2BCl2F3N/c7-4-2-12-5(8)1-3(4)6(9,10)11/h1-2H/q-1. The van der Waals surface area contributed by atoms with Gasteiger partial charge in [-0.2, -0.15) is 0 Å². The monoisotopic (exact) mass is 214 g/mol. The van der Waals surface area contributed by atoms with Crippen LogP contribution in [0.5, 0.6) is 0 Å². The molecule has 1 heterocycles. The van der Waals surface area contributed by atoms with E-state index in [4.69, 9.17) is 23.2 Å². The van der Waals surface area contributed by atoms with E-state index in [1.54, 1.807) is 0 Å². The molecule has 0 saturated heterocycles. The van der Waals surface area contributed by atoms with Gasteiger partial charge in [-0.1, -0.05) is 34.7 Å². The molecular weight excluding hydrogens is 213 g/mol. The number of rotatable bonds is 1. The number of nitrogens with zero attached hydrogens (tertiary/aromatic N) is 1. The van der Waals surface area contributed by atoms with Gasteiger partial charge in [0.15, 0.2) is 0 Å². The average molecular weight is 215 g/mol. The van der Waals surface area contributed by atoms with Crippen LogP contribution < -0.4 is 5.46 Å². The minimum atomic E-state index is -5.10. The Morgan fingerprint density at radius 3 is 2.25 bits per heavy atom. The van der Waals surface area contributed by atoms with E-state index < -0.39 is 17.5 Å². The minimum absolute atomic E-state index is 0.214. The maximum Gasteiger partial charge on any atom is 0.511 e. The van der Waals surface area contributed by atoms with Crippen molar-refractivity contribution in [3.05, 3.63) is 22.4 Å². The van der Waals surface area contributed by atoms with Crippen molar-refractivity contribution in [1.82, 2.24) is 4.98 Å². The third-order valence-electron chi connectivity index (χ3n) is 1.20. The second-order valence-corrected chi connectivity index (χ2v) is 2.90. The Balaban J connectivity index is 3.23. The first-order valence-corrected chi connectivity index (χ1v) is 3.68. The molecule has 1 rings (SSSR count). The SMILES string of the molecule is F[B-](F)(F)c1cc(Cl)ncc1Cl. The van der Waals surface area contributed by atoms with Gasteiger partial charge in [-0.15, -0.1) is 0 Å². The molecule has 0 aliphatic carbocycles. The first kappa shape index (κ1) is 9.67. The van der Waals surface area contributed by atoms with Gasteiger partial charge >= 0.3 is 6.98 Å². The lowest BCUT2D eigenvalue weighted by atomic mass is 9.81. The van der Waals surface area contributed by atoms with Gasteiger partial charge in [0.2, 0.25) is 0 Å². The normalized spacial score (nSPS) is 11.8. The first-order chi connectivity index (χ1) is 5.41. The zero-order chi connectivity index (χ0) is 9.35. The molecular formula is C5H2BCl2F3N-. The maximum absolute atomic E-state index is 12.1. The van der Waals surface area contributed by atoms with Crippen LogP contribution in [0.2, 0.25) is 10.2 Å². The van der Waals surface area contributed by atoms with E-state index in [0.29, 0.717) is 6.07 Å². The highest BCUT2D eigenvalue weighted by Crippen LogP contribution is 2.17. The summed E-state index contributed by atoms with van der Waals surface area (Å²) in [5.74, 6) is 0. The summed E-state index contributed by atoms with van der Waals surface area (Å²) in [7, 11) is 0. The van der Waals surface area contributed by atoms with Crippen LogP contribution >= 0.6 is 23.2 Å². The van der Waals surface area contributed by atoms with Crippen LogP contribution in [0.4, 0.5) is 12.9 Å². The van der Waals surface area contributed by atoms with Crippen LogP contribution in [0, 0.1) is 0 Å². The molecule has 12 heavy (non-hydrogen) atoms. The molecule has 0 amide bonds. The predicted octanol–water partition coefficient (Wildman–Crippen LogP) is 2.44. The molecule has 1 aromatic rings. The van der Waals surface area contributed by atoms with E-state index in [2.05, 4.69) is 4.98 Å². The van der Waals surface area contributed by atoms with Crippen LogP contribution in [0.25, 0.3) is 0 Å². The predicted molar refractivity (Wildman–Crippen MR) is 43.0 cm³/mol. The summed E-state index contributed by atoms with van der Waals surface area (Å²) >= 11 is 10.5. The molecule has 0 fully saturated rings. The van der Waals surface area contributed by atoms with Crippen molar-refractivity contribution in [2.24, 2.45) is 0 Å². The smallest absolute Gasteiger partial charge is 0.445 e. The molecule has 0 aromatic carbocycles. The Labute approximate surface area is 76.6 Å². The van der Waals surface area contributed by atoms with Gasteiger partial charge in [0, 0.05) is 11.2 Å². The van der Waals surface area contributed by atoms with E-state index in [1.807, 2.05) is 0 Å². The summed E-state index contributed by atoms with van der Waals surface area (Å²) in [4.78, 5) is 3.40. The van der Waals surface area contributed by atoms with Crippen LogP contribution in [-0.4, -0.2) is 12.0 Å². The lowest BCUT2D eigenvalue weighted by Crippen LogP contribution is -2.35. The van der Waals surface area contributed by atoms with Crippen molar-refractivity contribution in [2.75, 3.05) is 0 Å². The van der Waals surface area contributed by atoms with E-state index in [9.17, 15) is 12.9 Å². The lowest BCUT2D eigenvalue weighted by Gasteiger charge is -2.15. The van der Waals surface area contributed by atoms with Crippen molar-refractivity contribution < 1.29 is 12.9 Å². The number of hydrogen-bond donors (Lipinski definition) is 0. The van der Waals surface area contributed by atoms with E-state index in [0.717, 1.165) is 6.20 Å². The third-order valence-corrected chi connectivity index (χ3v) is 1.73. The number of hydrogen-bond acceptors (Lipinski definition) is 1. The largest absolute Gasteiger partial charge is 0.511 e. The summed E-state index contributed by atoms with van der Waals surface area (Å²) in [5, 5.41) is -0.638. The summed E-state index contributed by atoms with van der Waals surface area (Å²) in [6.45, 7) is -5.10. The zero-order valence-corrected chi connectivity index (χ0v) is 7.08. The lowest BCUT2D eigenvalue weighted by molar-refractivity contribution is 0.501. The highest BCUT2D eigenvalue weighted by molar-refractivity contribution is 6.76. The third kappa shape index (κ3) is 2.05. The number of halogens is 5. The van der Waals surface area contributed by atoms with E-state index in [1.165, 1.54) is 0 Å². The fraction of sp³-hybridized carbons (Fsp3) is 0. The van der Waals surface area contributed by atoms with Gasteiger partial charge < -0.3 is 12.9 Å². The van der Waals surface area contributed by atoms with Gasteiger partial charge in [-0.25, -0.2) is 4.98 Å². The second kappa shape index (κ2) is 3.14. The molecule has 0 N–H and O–H groups in total. The molecule has 0 spiro atoms. The molecule has 0 unspecified atom stereocenters. The molecule has 0 saturated carbocycles. The molecule has 0 radical (unpaired) electrons. The van der Waals surface area contributed by atoms with Crippen LogP contribution in [-0.2, 0) is 0 Å². The molecule has 1 aromatic heterocycles. The summed E-state index contributed by atoms with van der Waals surface area (Å²) in [6.07, 6.45) is 0.883. The molecule has 0 aliphatic rings. The van der Waals surface area contributed by atoms with Crippen LogP contribution in [0.1, 0.15) is 0 Å². The molecule has 0 aliphatic heterocycles. The summed E-state index contributed by atoms with van der Waals surface area (Å²) < 4.78 is 36.4. The Morgan fingerprint density at radius 2 is 1.83 bits per heavy atom. The molecule has 0 atom stereocenters. The molecule has 1 nitrogen and oxygen atoms in total. The van der Waals surface area contributed by atoms with Gasteiger partial charge in [-0.3, -0.25) is 0 Å².